The van der Waals surface area contributed by atoms with E-state index in [0.29, 0.717) is 30.6 Å². The van der Waals surface area contributed by atoms with Crippen LogP contribution < -0.4 is 15.3 Å². The molecule has 154 valence electrons. The predicted molar refractivity (Wildman–Crippen MR) is 114 cm³/mol. The Labute approximate surface area is 172 Å². The molecule has 1 saturated heterocycles. The van der Waals surface area contributed by atoms with Gasteiger partial charge in [-0.2, -0.15) is 5.06 Å². The highest BCUT2D eigenvalue weighted by molar-refractivity contribution is 5.77. The summed E-state index contributed by atoms with van der Waals surface area (Å²) in [6.45, 7) is 3.84. The van der Waals surface area contributed by atoms with Gasteiger partial charge in [0.2, 0.25) is 5.96 Å². The van der Waals surface area contributed by atoms with E-state index >= 15 is 0 Å². The van der Waals surface area contributed by atoms with E-state index in [2.05, 4.69) is 42.2 Å². The molecule has 1 spiro atoms. The van der Waals surface area contributed by atoms with Crippen molar-refractivity contribution >= 4 is 5.96 Å². The van der Waals surface area contributed by atoms with E-state index in [9.17, 15) is 0 Å². The molecule has 2 aromatic rings. The molecule has 6 heteroatoms. The van der Waals surface area contributed by atoms with Crippen LogP contribution in [0.1, 0.15) is 31.7 Å². The van der Waals surface area contributed by atoms with Crippen molar-refractivity contribution in [2.75, 3.05) is 26.8 Å². The minimum absolute atomic E-state index is 0.323. The second-order valence-electron chi connectivity index (χ2n) is 7.77. The molecule has 2 aliphatic rings. The smallest absolute Gasteiger partial charge is 0.225 e. The van der Waals surface area contributed by atoms with Crippen LogP contribution in [0.4, 0.5) is 0 Å². The summed E-state index contributed by atoms with van der Waals surface area (Å²) in [6.07, 6.45) is 3.92. The van der Waals surface area contributed by atoms with Gasteiger partial charge in [-0.05, 0) is 54.5 Å². The molecule has 2 aliphatic heterocycles. The van der Waals surface area contributed by atoms with Gasteiger partial charge in [-0.1, -0.05) is 37.3 Å². The van der Waals surface area contributed by atoms with E-state index in [1.54, 1.807) is 7.05 Å². The Hall–Kier alpha value is -2.73. The van der Waals surface area contributed by atoms with Gasteiger partial charge in [-0.25, -0.2) is 4.99 Å². The van der Waals surface area contributed by atoms with Crippen molar-refractivity contribution in [1.82, 2.24) is 5.06 Å². The SMILES string of the molecule is CCc1cccc(-c2ccc3c(c2)ON(C)C(N)=NCC2(CCCCOC2)O3)c1. The van der Waals surface area contributed by atoms with Crippen LogP contribution >= 0.6 is 0 Å². The fraction of sp³-hybridized carbons (Fsp3) is 0.435. The van der Waals surface area contributed by atoms with Crippen LogP contribution in [0, 0.1) is 0 Å². The highest BCUT2D eigenvalue weighted by Crippen LogP contribution is 2.38. The number of guanidine groups is 1. The quantitative estimate of drug-likeness (QED) is 0.838. The number of benzene rings is 2. The molecule has 0 radical (unpaired) electrons. The lowest BCUT2D eigenvalue weighted by Crippen LogP contribution is -2.44. The monoisotopic (exact) mass is 395 g/mol. The standard InChI is InChI=1S/C23H29N3O3/c1-3-17-7-6-8-18(13-17)19-9-10-20-21(14-19)29-26(2)22(24)25-15-23(28-20)11-4-5-12-27-16-23/h6-10,13-14H,3-5,11-12,15-16H2,1-2H3,(H2,24,25). The van der Waals surface area contributed by atoms with Crippen molar-refractivity contribution in [1.29, 1.82) is 0 Å². The third-order valence-corrected chi connectivity index (χ3v) is 5.56. The first-order valence-electron chi connectivity index (χ1n) is 10.3. The number of nitrogens with two attached hydrogens (primary N) is 1. The average Bonchev–Trinajstić information content (AvgIpc) is 2.96. The molecule has 0 aliphatic carbocycles. The van der Waals surface area contributed by atoms with E-state index in [0.717, 1.165) is 43.4 Å². The summed E-state index contributed by atoms with van der Waals surface area (Å²) in [7, 11) is 1.76. The molecule has 4 rings (SSSR count). The first-order chi connectivity index (χ1) is 14.1. The molecule has 1 unspecified atom stereocenters. The molecule has 6 nitrogen and oxygen atoms in total. The second kappa shape index (κ2) is 8.33. The van der Waals surface area contributed by atoms with Crippen LogP contribution in [0.25, 0.3) is 11.1 Å². The number of nitrogens with zero attached hydrogens (tertiary/aromatic N) is 2. The highest BCUT2D eigenvalue weighted by Gasteiger charge is 2.36. The van der Waals surface area contributed by atoms with Gasteiger partial charge < -0.3 is 20.0 Å². The number of aliphatic imine (C=N–C) groups is 1. The van der Waals surface area contributed by atoms with E-state index in [-0.39, 0.29) is 0 Å². The van der Waals surface area contributed by atoms with Crippen molar-refractivity contribution in [3.8, 4) is 22.6 Å². The summed E-state index contributed by atoms with van der Waals surface area (Å²) in [4.78, 5) is 10.5. The van der Waals surface area contributed by atoms with Crippen LogP contribution in [0.2, 0.25) is 0 Å². The maximum absolute atomic E-state index is 6.52. The molecule has 1 atom stereocenters. The molecular formula is C23H29N3O3. The number of hydrogen-bond acceptors (Lipinski definition) is 6. The zero-order chi connectivity index (χ0) is 20.3. The molecule has 0 amide bonds. The Kier molecular flexibility index (Phi) is 5.62. The summed E-state index contributed by atoms with van der Waals surface area (Å²) >= 11 is 0. The third kappa shape index (κ3) is 4.32. The van der Waals surface area contributed by atoms with Gasteiger partial charge in [-0.15, -0.1) is 0 Å². The van der Waals surface area contributed by atoms with Gasteiger partial charge >= 0.3 is 0 Å². The van der Waals surface area contributed by atoms with Gasteiger partial charge in [-0.3, -0.25) is 0 Å². The maximum Gasteiger partial charge on any atom is 0.225 e. The van der Waals surface area contributed by atoms with Crippen molar-refractivity contribution < 1.29 is 14.3 Å². The number of fused-ring (bicyclic) bond motifs is 1. The molecule has 2 aromatic carbocycles. The first-order valence-corrected chi connectivity index (χ1v) is 10.3. The van der Waals surface area contributed by atoms with Crippen molar-refractivity contribution in [2.24, 2.45) is 10.7 Å². The van der Waals surface area contributed by atoms with Gasteiger partial charge in [0.15, 0.2) is 17.1 Å². The van der Waals surface area contributed by atoms with E-state index < -0.39 is 5.60 Å². The number of ether oxygens (including phenoxy) is 2. The molecule has 29 heavy (non-hydrogen) atoms. The number of rotatable bonds is 2. The van der Waals surface area contributed by atoms with Crippen LogP contribution in [0.15, 0.2) is 47.5 Å². The Morgan fingerprint density at radius 3 is 2.83 bits per heavy atom. The fourth-order valence-corrected chi connectivity index (χ4v) is 3.79. The van der Waals surface area contributed by atoms with Gasteiger partial charge in [0.1, 0.15) is 0 Å². The molecule has 0 saturated carbocycles. The molecular weight excluding hydrogens is 366 g/mol. The maximum atomic E-state index is 6.52. The third-order valence-electron chi connectivity index (χ3n) is 5.56. The first kappa shape index (κ1) is 19.6. The lowest BCUT2D eigenvalue weighted by Gasteiger charge is -2.31. The van der Waals surface area contributed by atoms with E-state index in [1.807, 2.05) is 12.1 Å². The average molecular weight is 396 g/mol. The number of hydrogen-bond donors (Lipinski definition) is 1. The molecule has 2 heterocycles. The summed E-state index contributed by atoms with van der Waals surface area (Å²) < 4.78 is 12.3. The van der Waals surface area contributed by atoms with Crippen LogP contribution in [-0.2, 0) is 11.2 Å². The minimum Gasteiger partial charge on any atom is -0.479 e. The Morgan fingerprint density at radius 1 is 1.10 bits per heavy atom. The van der Waals surface area contributed by atoms with Crippen molar-refractivity contribution in [3.05, 3.63) is 48.0 Å². The van der Waals surface area contributed by atoms with Crippen LogP contribution in [0.3, 0.4) is 0 Å². The van der Waals surface area contributed by atoms with Gasteiger partial charge in [0.05, 0.1) is 13.2 Å². The molecule has 1 fully saturated rings. The largest absolute Gasteiger partial charge is 0.479 e. The van der Waals surface area contributed by atoms with E-state index in [4.69, 9.17) is 20.0 Å². The summed E-state index contributed by atoms with van der Waals surface area (Å²) in [5.74, 6) is 1.63. The van der Waals surface area contributed by atoms with E-state index in [1.165, 1.54) is 10.6 Å². The Balaban J connectivity index is 1.74. The van der Waals surface area contributed by atoms with Gasteiger partial charge in [0, 0.05) is 13.7 Å². The zero-order valence-electron chi connectivity index (χ0n) is 17.2. The lowest BCUT2D eigenvalue weighted by molar-refractivity contribution is -0.0141. The normalized spacial score (nSPS) is 22.3. The molecule has 0 bridgehead atoms. The Bertz CT molecular complexity index is 889. The topological polar surface area (TPSA) is 69.3 Å². The van der Waals surface area contributed by atoms with Gasteiger partial charge in [0.25, 0.3) is 0 Å². The zero-order valence-corrected chi connectivity index (χ0v) is 17.2. The number of aryl methyl sites for hydroxylation is 1. The molecule has 0 aromatic heterocycles. The second-order valence-corrected chi connectivity index (χ2v) is 7.77. The van der Waals surface area contributed by atoms with Crippen LogP contribution in [-0.4, -0.2) is 43.4 Å². The molecule has 2 N–H and O–H groups in total. The lowest BCUT2D eigenvalue weighted by atomic mass is 9.97. The Morgan fingerprint density at radius 2 is 1.97 bits per heavy atom. The van der Waals surface area contributed by atoms with Crippen LogP contribution in [0.5, 0.6) is 11.5 Å². The van der Waals surface area contributed by atoms with Crippen molar-refractivity contribution in [2.45, 2.75) is 38.2 Å². The summed E-state index contributed by atoms with van der Waals surface area (Å²) in [5.41, 5.74) is 9.12. The van der Waals surface area contributed by atoms with Crippen molar-refractivity contribution in [3.63, 3.8) is 0 Å². The summed E-state index contributed by atoms with van der Waals surface area (Å²) in [5, 5.41) is 1.49. The number of hydroxylamine groups is 2. The predicted octanol–water partition coefficient (Wildman–Crippen LogP) is 3.79. The minimum atomic E-state index is -0.534. The highest BCUT2D eigenvalue weighted by atomic mass is 16.7. The fourth-order valence-electron chi connectivity index (χ4n) is 3.79. The summed E-state index contributed by atoms with van der Waals surface area (Å²) in [6, 6.07) is 14.6.